The summed E-state index contributed by atoms with van der Waals surface area (Å²) in [5, 5.41) is 0. The molecular formula is C24H22F2N4O3. The number of H-pyrrole nitrogens is 1. The van der Waals surface area contributed by atoms with Crippen molar-refractivity contribution in [1.29, 1.82) is 0 Å². The summed E-state index contributed by atoms with van der Waals surface area (Å²) in [6, 6.07) is 10.9. The van der Waals surface area contributed by atoms with Crippen LogP contribution < -0.4 is 5.69 Å². The van der Waals surface area contributed by atoms with E-state index < -0.39 is 11.6 Å². The Morgan fingerprint density at radius 2 is 1.94 bits per heavy atom. The lowest BCUT2D eigenvalue weighted by Crippen LogP contribution is -2.40. The monoisotopic (exact) mass is 452 g/mol. The van der Waals surface area contributed by atoms with Gasteiger partial charge in [-0.05, 0) is 37.1 Å². The maximum absolute atomic E-state index is 13.9. The minimum Gasteiger partial charge on any atom is -0.441 e. The van der Waals surface area contributed by atoms with E-state index >= 15 is 0 Å². The van der Waals surface area contributed by atoms with Gasteiger partial charge in [0.25, 0.3) is 0 Å². The molecule has 7 nitrogen and oxygen atoms in total. The Morgan fingerprint density at radius 3 is 2.73 bits per heavy atom. The first-order valence-corrected chi connectivity index (χ1v) is 10.9. The average Bonchev–Trinajstić information content (AvgIpc) is 3.41. The number of nitrogens with zero attached hydrogens (tertiary/aromatic N) is 3. The number of likely N-dealkylation sites (tertiary alicyclic amines) is 1. The van der Waals surface area contributed by atoms with Gasteiger partial charge in [0.15, 0.2) is 11.7 Å². The number of amides is 1. The van der Waals surface area contributed by atoms with Crippen molar-refractivity contribution in [2.24, 2.45) is 0 Å². The van der Waals surface area contributed by atoms with Crippen molar-refractivity contribution in [1.82, 2.24) is 19.4 Å². The minimum atomic E-state index is -0.731. The van der Waals surface area contributed by atoms with Crippen molar-refractivity contribution < 1.29 is 18.0 Å². The quantitative estimate of drug-likeness (QED) is 0.495. The van der Waals surface area contributed by atoms with Crippen LogP contribution in [0.2, 0.25) is 0 Å². The molecule has 0 bridgehead atoms. The minimum absolute atomic E-state index is 0.0209. The number of halogens is 2. The zero-order chi connectivity index (χ0) is 22.9. The number of hydrogen-bond donors (Lipinski definition) is 1. The van der Waals surface area contributed by atoms with Crippen molar-refractivity contribution in [2.75, 3.05) is 13.1 Å². The molecule has 0 atom stereocenters. The number of aromatic nitrogens is 3. The summed E-state index contributed by atoms with van der Waals surface area (Å²) in [5.41, 5.74) is 1.69. The normalized spacial score (nSPS) is 14.8. The van der Waals surface area contributed by atoms with Crippen molar-refractivity contribution in [3.8, 4) is 11.3 Å². The van der Waals surface area contributed by atoms with E-state index in [4.69, 9.17) is 4.42 Å². The third-order valence-corrected chi connectivity index (χ3v) is 6.11. The topological polar surface area (TPSA) is 84.1 Å². The van der Waals surface area contributed by atoms with E-state index in [0.29, 0.717) is 31.8 Å². The number of nitrogens with one attached hydrogen (secondary N) is 1. The Morgan fingerprint density at radius 1 is 1.15 bits per heavy atom. The third-order valence-electron chi connectivity index (χ3n) is 6.11. The fourth-order valence-corrected chi connectivity index (χ4v) is 4.42. The number of piperidine rings is 1. The summed E-state index contributed by atoms with van der Waals surface area (Å²) in [6.07, 6.45) is 3.26. The maximum atomic E-state index is 13.9. The van der Waals surface area contributed by atoms with E-state index in [2.05, 4.69) is 9.97 Å². The molecule has 0 unspecified atom stereocenters. The number of para-hydroxylation sites is 2. The number of aromatic amines is 1. The van der Waals surface area contributed by atoms with Gasteiger partial charge in [0.05, 0.1) is 22.8 Å². The second kappa shape index (κ2) is 8.65. The molecule has 4 aromatic rings. The Bertz CT molecular complexity index is 1370. The van der Waals surface area contributed by atoms with Gasteiger partial charge >= 0.3 is 5.69 Å². The number of carbonyl (C=O) groups is 1. The zero-order valence-electron chi connectivity index (χ0n) is 17.8. The van der Waals surface area contributed by atoms with Gasteiger partial charge in [-0.2, -0.15) is 0 Å². The van der Waals surface area contributed by atoms with E-state index in [-0.39, 0.29) is 41.8 Å². The Labute approximate surface area is 187 Å². The van der Waals surface area contributed by atoms with Gasteiger partial charge in [-0.25, -0.2) is 18.6 Å². The predicted octanol–water partition coefficient (Wildman–Crippen LogP) is 4.06. The molecule has 0 spiro atoms. The van der Waals surface area contributed by atoms with Crippen LogP contribution in [-0.4, -0.2) is 38.4 Å². The van der Waals surface area contributed by atoms with E-state index in [1.54, 1.807) is 9.47 Å². The number of hydrogen-bond acceptors (Lipinski definition) is 4. The Balaban J connectivity index is 1.18. The Hall–Kier alpha value is -3.75. The van der Waals surface area contributed by atoms with Gasteiger partial charge in [0, 0.05) is 38.0 Å². The van der Waals surface area contributed by atoms with E-state index in [9.17, 15) is 18.4 Å². The van der Waals surface area contributed by atoms with E-state index in [1.165, 1.54) is 12.3 Å². The molecule has 1 fully saturated rings. The molecule has 1 saturated heterocycles. The highest BCUT2D eigenvalue weighted by molar-refractivity contribution is 5.77. The van der Waals surface area contributed by atoms with Gasteiger partial charge in [-0.1, -0.05) is 12.1 Å². The number of benzene rings is 2. The zero-order valence-corrected chi connectivity index (χ0v) is 17.8. The summed E-state index contributed by atoms with van der Waals surface area (Å²) >= 11 is 0. The molecule has 0 aliphatic carbocycles. The largest absolute Gasteiger partial charge is 0.441 e. The average molecular weight is 452 g/mol. The first kappa shape index (κ1) is 21.1. The maximum Gasteiger partial charge on any atom is 0.326 e. The molecular weight excluding hydrogens is 430 g/mol. The highest BCUT2D eigenvalue weighted by Gasteiger charge is 2.26. The number of carbonyl (C=O) groups excluding carboxylic acids is 1. The molecule has 33 heavy (non-hydrogen) atoms. The van der Waals surface area contributed by atoms with Crippen molar-refractivity contribution >= 4 is 16.9 Å². The summed E-state index contributed by atoms with van der Waals surface area (Å²) < 4.78 is 34.4. The van der Waals surface area contributed by atoms with Crippen LogP contribution in [0, 0.1) is 11.6 Å². The Kier molecular flexibility index (Phi) is 5.53. The third kappa shape index (κ3) is 4.18. The lowest BCUT2D eigenvalue weighted by molar-refractivity contribution is -0.132. The molecule has 2 aromatic heterocycles. The number of imidazole rings is 1. The second-order valence-electron chi connectivity index (χ2n) is 8.17. The second-order valence-corrected chi connectivity index (χ2v) is 8.17. The molecule has 9 heteroatoms. The van der Waals surface area contributed by atoms with Gasteiger partial charge in [-0.15, -0.1) is 0 Å². The van der Waals surface area contributed by atoms with Gasteiger partial charge in [0.2, 0.25) is 5.91 Å². The molecule has 1 aliphatic rings. The van der Waals surface area contributed by atoms with E-state index in [1.807, 2.05) is 24.3 Å². The lowest BCUT2D eigenvalue weighted by Gasteiger charge is -2.32. The molecule has 5 rings (SSSR count). The van der Waals surface area contributed by atoms with Crippen LogP contribution in [0.3, 0.4) is 0 Å². The fraction of sp³-hybridized carbons (Fsp3) is 0.292. The SMILES string of the molecule is O=C(CCc1ncc(-c2ccc(F)cc2F)o1)N1CCC(n2c(=O)[nH]c3ccccc32)CC1. The lowest BCUT2D eigenvalue weighted by atomic mass is 10.0. The van der Waals surface area contributed by atoms with Gasteiger partial charge in [-0.3, -0.25) is 9.36 Å². The summed E-state index contributed by atoms with van der Waals surface area (Å²) in [7, 11) is 0. The van der Waals surface area contributed by atoms with Crippen LogP contribution in [0.1, 0.15) is 31.2 Å². The van der Waals surface area contributed by atoms with Crippen molar-refractivity contribution in [3.05, 3.63) is 76.7 Å². The standard InChI is InChI=1S/C24H22F2N4O3/c25-15-5-6-17(18(26)13-15)21-14-27-22(33-21)7-8-23(31)29-11-9-16(10-12-29)30-20-4-2-1-3-19(20)28-24(30)32/h1-6,13-14,16H,7-12H2,(H,28,32). The number of oxazole rings is 1. The molecule has 0 saturated carbocycles. The van der Waals surface area contributed by atoms with Crippen LogP contribution in [0.4, 0.5) is 8.78 Å². The van der Waals surface area contributed by atoms with E-state index in [0.717, 1.165) is 23.2 Å². The van der Waals surface area contributed by atoms with Crippen LogP contribution in [0.5, 0.6) is 0 Å². The highest BCUT2D eigenvalue weighted by Crippen LogP contribution is 2.26. The molecule has 1 N–H and O–H groups in total. The highest BCUT2D eigenvalue weighted by atomic mass is 19.1. The summed E-state index contributed by atoms with van der Waals surface area (Å²) in [4.78, 5) is 33.9. The first-order chi connectivity index (χ1) is 16.0. The first-order valence-electron chi connectivity index (χ1n) is 10.9. The summed E-state index contributed by atoms with van der Waals surface area (Å²) in [5.74, 6) is -0.902. The van der Waals surface area contributed by atoms with Crippen LogP contribution in [0.15, 0.2) is 57.9 Å². The molecule has 3 heterocycles. The summed E-state index contributed by atoms with van der Waals surface area (Å²) in [6.45, 7) is 1.13. The number of aryl methyl sites for hydroxylation is 1. The van der Waals surface area contributed by atoms with Crippen molar-refractivity contribution in [3.63, 3.8) is 0 Å². The van der Waals surface area contributed by atoms with Crippen LogP contribution >= 0.6 is 0 Å². The molecule has 2 aromatic carbocycles. The number of rotatable bonds is 5. The molecule has 1 amide bonds. The molecule has 1 aliphatic heterocycles. The van der Waals surface area contributed by atoms with Gasteiger partial charge < -0.3 is 14.3 Å². The fourth-order valence-electron chi connectivity index (χ4n) is 4.42. The predicted molar refractivity (Wildman–Crippen MR) is 118 cm³/mol. The number of fused-ring (bicyclic) bond motifs is 1. The smallest absolute Gasteiger partial charge is 0.326 e. The van der Waals surface area contributed by atoms with Crippen LogP contribution in [-0.2, 0) is 11.2 Å². The van der Waals surface area contributed by atoms with Gasteiger partial charge in [0.1, 0.15) is 11.6 Å². The molecule has 170 valence electrons. The van der Waals surface area contributed by atoms with Crippen molar-refractivity contribution in [2.45, 2.75) is 31.7 Å². The molecule has 0 radical (unpaired) electrons. The van der Waals surface area contributed by atoms with Crippen LogP contribution in [0.25, 0.3) is 22.4 Å².